The molecule has 0 unspecified atom stereocenters. The molecule has 4 heteroatoms. The van der Waals surface area contributed by atoms with E-state index in [4.69, 9.17) is 17.0 Å². The second-order valence-electron chi connectivity index (χ2n) is 4.07. The Hall–Kier alpha value is -1.32. The van der Waals surface area contributed by atoms with E-state index in [1.807, 2.05) is 30.3 Å². The zero-order valence-corrected chi connectivity index (χ0v) is 10.7. The van der Waals surface area contributed by atoms with Gasteiger partial charge in [0, 0.05) is 17.0 Å². The first-order chi connectivity index (χ1) is 8.24. The Balaban J connectivity index is 1.82. The largest absolute Gasteiger partial charge is 0.347 e. The van der Waals surface area contributed by atoms with Crippen LogP contribution in [0.15, 0.2) is 36.4 Å². The highest BCUT2D eigenvalue weighted by atomic mass is 35.5. The molecule has 3 rings (SSSR count). The number of hydrogen-bond donors (Lipinski definition) is 1. The van der Waals surface area contributed by atoms with Crippen LogP contribution in [0.5, 0.6) is 0 Å². The van der Waals surface area contributed by atoms with Gasteiger partial charge in [-0.05, 0) is 17.7 Å². The van der Waals surface area contributed by atoms with Crippen molar-refractivity contribution >= 4 is 28.8 Å². The number of amidine groups is 1. The Morgan fingerprint density at radius 3 is 2.76 bits per heavy atom. The standard InChI is InChI=1S/C13H11ClN2S/c14-12-6-5-10(17-12)8-16-7-9-3-1-2-4-11(9)13(16)15/h1-6,15H,7-8H2. The first-order valence-corrected chi connectivity index (χ1v) is 6.59. The second kappa shape index (κ2) is 4.17. The third-order valence-electron chi connectivity index (χ3n) is 2.93. The fraction of sp³-hybridized carbons (Fsp3) is 0.154. The van der Waals surface area contributed by atoms with Gasteiger partial charge in [0.1, 0.15) is 5.84 Å². The van der Waals surface area contributed by atoms with E-state index in [9.17, 15) is 0 Å². The fourth-order valence-corrected chi connectivity index (χ4v) is 3.21. The molecule has 0 amide bonds. The van der Waals surface area contributed by atoms with Crippen molar-refractivity contribution in [3.63, 3.8) is 0 Å². The molecule has 1 aromatic heterocycles. The van der Waals surface area contributed by atoms with Crippen LogP contribution in [0.4, 0.5) is 0 Å². The van der Waals surface area contributed by atoms with Crippen molar-refractivity contribution in [2.24, 2.45) is 0 Å². The van der Waals surface area contributed by atoms with Gasteiger partial charge in [0.25, 0.3) is 0 Å². The Morgan fingerprint density at radius 1 is 1.24 bits per heavy atom. The Bertz CT molecular complexity index is 576. The molecule has 0 radical (unpaired) electrons. The number of thiophene rings is 1. The topological polar surface area (TPSA) is 27.1 Å². The maximum absolute atomic E-state index is 8.14. The minimum atomic E-state index is 0.616. The highest BCUT2D eigenvalue weighted by molar-refractivity contribution is 7.16. The van der Waals surface area contributed by atoms with Gasteiger partial charge < -0.3 is 4.90 Å². The van der Waals surface area contributed by atoms with Crippen LogP contribution in [-0.4, -0.2) is 10.7 Å². The lowest BCUT2D eigenvalue weighted by atomic mass is 10.1. The van der Waals surface area contributed by atoms with Gasteiger partial charge in [0.15, 0.2) is 0 Å². The normalized spacial score (nSPS) is 14.2. The minimum Gasteiger partial charge on any atom is -0.347 e. The van der Waals surface area contributed by atoms with E-state index in [0.717, 1.165) is 23.0 Å². The lowest BCUT2D eigenvalue weighted by molar-refractivity contribution is 0.426. The Morgan fingerprint density at radius 2 is 2.06 bits per heavy atom. The van der Waals surface area contributed by atoms with Crippen molar-refractivity contribution in [3.05, 3.63) is 56.7 Å². The minimum absolute atomic E-state index is 0.616. The summed E-state index contributed by atoms with van der Waals surface area (Å²) >= 11 is 7.50. The van der Waals surface area contributed by atoms with Crippen LogP contribution in [0.1, 0.15) is 16.0 Å². The van der Waals surface area contributed by atoms with Gasteiger partial charge in [-0.3, -0.25) is 5.41 Å². The van der Waals surface area contributed by atoms with Gasteiger partial charge in [-0.25, -0.2) is 0 Å². The number of benzene rings is 1. The third kappa shape index (κ3) is 1.96. The lowest BCUT2D eigenvalue weighted by Crippen LogP contribution is -2.22. The Kier molecular flexibility index (Phi) is 2.65. The SMILES string of the molecule is N=C1c2ccccc2CN1Cc1ccc(Cl)s1. The summed E-state index contributed by atoms with van der Waals surface area (Å²) in [4.78, 5) is 3.28. The average Bonchev–Trinajstić information content (AvgIpc) is 2.86. The Labute approximate surface area is 109 Å². The summed E-state index contributed by atoms with van der Waals surface area (Å²) in [6, 6.07) is 12.1. The van der Waals surface area contributed by atoms with E-state index >= 15 is 0 Å². The maximum Gasteiger partial charge on any atom is 0.129 e. The molecule has 1 aliphatic heterocycles. The first kappa shape index (κ1) is 10.8. The van der Waals surface area contributed by atoms with Crippen LogP contribution in [0.25, 0.3) is 0 Å². The van der Waals surface area contributed by atoms with Crippen LogP contribution in [0.3, 0.4) is 0 Å². The first-order valence-electron chi connectivity index (χ1n) is 5.40. The highest BCUT2D eigenvalue weighted by Crippen LogP contribution is 2.27. The predicted molar refractivity (Wildman–Crippen MR) is 71.8 cm³/mol. The summed E-state index contributed by atoms with van der Waals surface area (Å²) in [5.74, 6) is 0.616. The van der Waals surface area contributed by atoms with Gasteiger partial charge in [-0.1, -0.05) is 35.9 Å². The second-order valence-corrected chi connectivity index (χ2v) is 5.87. The maximum atomic E-state index is 8.14. The molecule has 0 aliphatic carbocycles. The van der Waals surface area contributed by atoms with Crippen molar-refractivity contribution in [1.82, 2.24) is 4.90 Å². The van der Waals surface area contributed by atoms with Crippen molar-refractivity contribution in [2.45, 2.75) is 13.1 Å². The monoisotopic (exact) mass is 262 g/mol. The van der Waals surface area contributed by atoms with Crippen molar-refractivity contribution in [1.29, 1.82) is 5.41 Å². The molecule has 2 heterocycles. The molecular formula is C13H11ClN2S. The zero-order chi connectivity index (χ0) is 11.8. The van der Waals surface area contributed by atoms with Crippen LogP contribution >= 0.6 is 22.9 Å². The predicted octanol–water partition coefficient (Wildman–Crippen LogP) is 3.74. The van der Waals surface area contributed by atoms with E-state index < -0.39 is 0 Å². The highest BCUT2D eigenvalue weighted by Gasteiger charge is 2.23. The summed E-state index contributed by atoms with van der Waals surface area (Å²) in [6.45, 7) is 1.59. The number of rotatable bonds is 2. The summed E-state index contributed by atoms with van der Waals surface area (Å²) in [5.41, 5.74) is 2.29. The lowest BCUT2D eigenvalue weighted by Gasteiger charge is -2.16. The molecule has 0 atom stereocenters. The number of hydrogen-bond acceptors (Lipinski definition) is 2. The average molecular weight is 263 g/mol. The van der Waals surface area contributed by atoms with E-state index in [2.05, 4.69) is 11.0 Å². The smallest absolute Gasteiger partial charge is 0.129 e. The third-order valence-corrected chi connectivity index (χ3v) is 4.14. The molecule has 1 aliphatic rings. The van der Waals surface area contributed by atoms with Gasteiger partial charge >= 0.3 is 0 Å². The molecule has 0 saturated heterocycles. The van der Waals surface area contributed by atoms with E-state index in [0.29, 0.717) is 5.84 Å². The number of halogens is 1. The molecule has 0 spiro atoms. The molecule has 2 aromatic rings. The number of nitrogens with zero attached hydrogens (tertiary/aromatic N) is 1. The van der Waals surface area contributed by atoms with Crippen LogP contribution < -0.4 is 0 Å². The molecule has 0 saturated carbocycles. The summed E-state index contributed by atoms with van der Waals surface area (Å²) in [6.07, 6.45) is 0. The van der Waals surface area contributed by atoms with Crippen LogP contribution in [-0.2, 0) is 13.1 Å². The van der Waals surface area contributed by atoms with Crippen molar-refractivity contribution < 1.29 is 0 Å². The fourth-order valence-electron chi connectivity index (χ4n) is 2.10. The van der Waals surface area contributed by atoms with Crippen molar-refractivity contribution in [2.75, 3.05) is 0 Å². The van der Waals surface area contributed by atoms with Crippen molar-refractivity contribution in [3.8, 4) is 0 Å². The zero-order valence-electron chi connectivity index (χ0n) is 9.11. The number of fused-ring (bicyclic) bond motifs is 1. The molecule has 17 heavy (non-hydrogen) atoms. The quantitative estimate of drug-likeness (QED) is 0.877. The molecule has 1 N–H and O–H groups in total. The molecule has 0 fully saturated rings. The van der Waals surface area contributed by atoms with Crippen LogP contribution in [0.2, 0.25) is 4.34 Å². The molecular weight excluding hydrogens is 252 g/mol. The van der Waals surface area contributed by atoms with Crippen LogP contribution in [0, 0.1) is 5.41 Å². The summed E-state index contributed by atoms with van der Waals surface area (Å²) in [7, 11) is 0. The summed E-state index contributed by atoms with van der Waals surface area (Å²) in [5, 5.41) is 8.14. The number of nitrogens with one attached hydrogen (secondary N) is 1. The molecule has 86 valence electrons. The summed E-state index contributed by atoms with van der Waals surface area (Å²) < 4.78 is 0.809. The van der Waals surface area contributed by atoms with E-state index in [1.165, 1.54) is 10.4 Å². The van der Waals surface area contributed by atoms with E-state index in [-0.39, 0.29) is 0 Å². The molecule has 0 bridgehead atoms. The van der Waals surface area contributed by atoms with Gasteiger partial charge in [-0.2, -0.15) is 0 Å². The molecule has 2 nitrogen and oxygen atoms in total. The van der Waals surface area contributed by atoms with E-state index in [1.54, 1.807) is 11.3 Å². The van der Waals surface area contributed by atoms with Gasteiger partial charge in [-0.15, -0.1) is 11.3 Å². The molecule has 1 aromatic carbocycles. The van der Waals surface area contributed by atoms with Gasteiger partial charge in [0.05, 0.1) is 10.9 Å². The van der Waals surface area contributed by atoms with Gasteiger partial charge in [0.2, 0.25) is 0 Å².